The Balaban J connectivity index is 0.00000196. The van der Waals surface area contributed by atoms with Crippen LogP contribution in [0.3, 0.4) is 0 Å². The number of carbonyl (C=O) groups excluding carboxylic acids is 1. The van der Waals surface area contributed by atoms with Gasteiger partial charge < -0.3 is 20.5 Å². The molecule has 0 aromatic heterocycles. The van der Waals surface area contributed by atoms with Gasteiger partial charge in [-0.15, -0.1) is 12.4 Å². The first-order valence-electron chi connectivity index (χ1n) is 8.74. The van der Waals surface area contributed by atoms with Gasteiger partial charge in [0.1, 0.15) is 13.2 Å². The van der Waals surface area contributed by atoms with E-state index in [1.807, 2.05) is 18.2 Å². The van der Waals surface area contributed by atoms with Crippen molar-refractivity contribution in [2.24, 2.45) is 0 Å². The third kappa shape index (κ3) is 3.44. The summed E-state index contributed by atoms with van der Waals surface area (Å²) in [4.78, 5) is 12.8. The Morgan fingerprint density at radius 1 is 1.00 bits per heavy atom. The van der Waals surface area contributed by atoms with E-state index in [0.29, 0.717) is 24.5 Å². The van der Waals surface area contributed by atoms with Crippen molar-refractivity contribution < 1.29 is 14.3 Å². The maximum atomic E-state index is 12.8. The van der Waals surface area contributed by atoms with Gasteiger partial charge in [0.15, 0.2) is 11.5 Å². The molecule has 3 N–H and O–H groups in total. The van der Waals surface area contributed by atoms with Crippen molar-refractivity contribution >= 4 is 24.0 Å². The van der Waals surface area contributed by atoms with E-state index in [4.69, 9.17) is 15.2 Å². The first-order chi connectivity index (χ1) is 12.2. The fraction of sp³-hybridized carbons (Fsp3) is 0.350. The molecular weight excluding hydrogens is 352 g/mol. The van der Waals surface area contributed by atoms with Gasteiger partial charge in [-0.25, -0.2) is 0 Å². The standard InChI is InChI=1S/C20H22N2O3.ClH/c21-16-5-3-4-14(12-16)19(23)22-20(8-1-2-9-20)15-6-7-17-18(13-15)25-11-10-24-17;/h3-7,12-13H,1-2,8-11,21H2,(H,22,23);1H. The monoisotopic (exact) mass is 374 g/mol. The van der Waals surface area contributed by atoms with Gasteiger partial charge in [-0.3, -0.25) is 4.79 Å². The molecule has 0 radical (unpaired) electrons. The first kappa shape index (κ1) is 18.4. The van der Waals surface area contributed by atoms with Gasteiger partial charge in [-0.05, 0) is 48.7 Å². The number of nitrogen functional groups attached to an aromatic ring is 1. The van der Waals surface area contributed by atoms with Crippen LogP contribution in [0.2, 0.25) is 0 Å². The van der Waals surface area contributed by atoms with Gasteiger partial charge in [0.25, 0.3) is 5.91 Å². The molecule has 1 aliphatic heterocycles. The summed E-state index contributed by atoms with van der Waals surface area (Å²) in [6.07, 6.45) is 4.01. The number of fused-ring (bicyclic) bond motifs is 1. The lowest BCUT2D eigenvalue weighted by Gasteiger charge is -2.32. The maximum Gasteiger partial charge on any atom is 0.252 e. The van der Waals surface area contributed by atoms with Crippen LogP contribution < -0.4 is 20.5 Å². The number of hydrogen-bond donors (Lipinski definition) is 2. The Labute approximate surface area is 159 Å². The van der Waals surface area contributed by atoms with E-state index < -0.39 is 0 Å². The zero-order valence-electron chi connectivity index (χ0n) is 14.5. The SMILES string of the molecule is Cl.Nc1cccc(C(=O)NC2(c3ccc4c(c3)OCCO4)CCCC2)c1. The summed E-state index contributed by atoms with van der Waals surface area (Å²) >= 11 is 0. The summed E-state index contributed by atoms with van der Waals surface area (Å²) in [6.45, 7) is 1.13. The summed E-state index contributed by atoms with van der Waals surface area (Å²) in [5.74, 6) is 1.43. The number of halogens is 1. The van der Waals surface area contributed by atoms with Crippen LogP contribution in [0.25, 0.3) is 0 Å². The zero-order valence-corrected chi connectivity index (χ0v) is 15.3. The van der Waals surface area contributed by atoms with Crippen molar-refractivity contribution in [2.75, 3.05) is 18.9 Å². The van der Waals surface area contributed by atoms with Crippen molar-refractivity contribution in [1.82, 2.24) is 5.32 Å². The Morgan fingerprint density at radius 3 is 2.46 bits per heavy atom. The number of benzene rings is 2. The lowest BCUT2D eigenvalue weighted by molar-refractivity contribution is 0.0897. The lowest BCUT2D eigenvalue weighted by Crippen LogP contribution is -2.43. The predicted octanol–water partition coefficient (Wildman–Crippen LogP) is 3.66. The molecule has 5 nitrogen and oxygen atoms in total. The molecule has 1 saturated carbocycles. The topological polar surface area (TPSA) is 73.6 Å². The van der Waals surface area contributed by atoms with Gasteiger partial charge >= 0.3 is 0 Å². The lowest BCUT2D eigenvalue weighted by atomic mass is 9.87. The average Bonchev–Trinajstić information content (AvgIpc) is 3.11. The molecule has 0 bridgehead atoms. The van der Waals surface area contributed by atoms with Gasteiger partial charge in [0.2, 0.25) is 0 Å². The van der Waals surface area contributed by atoms with Gasteiger partial charge in [0, 0.05) is 11.3 Å². The third-order valence-corrected chi connectivity index (χ3v) is 5.05. The van der Waals surface area contributed by atoms with Crippen molar-refractivity contribution in [3.63, 3.8) is 0 Å². The number of amides is 1. The van der Waals surface area contributed by atoms with E-state index in [9.17, 15) is 4.79 Å². The molecule has 4 rings (SSSR count). The fourth-order valence-corrected chi connectivity index (χ4v) is 3.77. The zero-order chi connectivity index (χ0) is 17.3. The minimum absolute atomic E-state index is 0. The van der Waals surface area contributed by atoms with Crippen LogP contribution in [-0.2, 0) is 5.54 Å². The predicted molar refractivity (Wildman–Crippen MR) is 103 cm³/mol. The molecule has 2 aromatic rings. The number of hydrogen-bond acceptors (Lipinski definition) is 4. The van der Waals surface area contributed by atoms with Crippen LogP contribution in [0, 0.1) is 0 Å². The smallest absolute Gasteiger partial charge is 0.252 e. The Morgan fingerprint density at radius 2 is 1.73 bits per heavy atom. The highest BCUT2D eigenvalue weighted by Gasteiger charge is 2.38. The number of anilines is 1. The molecule has 0 spiro atoms. The molecule has 2 aromatic carbocycles. The van der Waals surface area contributed by atoms with Crippen molar-refractivity contribution in [1.29, 1.82) is 0 Å². The largest absolute Gasteiger partial charge is 0.486 e. The quantitative estimate of drug-likeness (QED) is 0.804. The summed E-state index contributed by atoms with van der Waals surface area (Å²) in [6, 6.07) is 13.1. The van der Waals surface area contributed by atoms with Crippen LogP contribution in [0.1, 0.15) is 41.6 Å². The van der Waals surface area contributed by atoms with Crippen LogP contribution in [0.5, 0.6) is 11.5 Å². The summed E-state index contributed by atoms with van der Waals surface area (Å²) < 4.78 is 11.3. The Hall–Kier alpha value is -2.40. The van der Waals surface area contributed by atoms with Gasteiger partial charge in [-0.1, -0.05) is 25.0 Å². The highest BCUT2D eigenvalue weighted by molar-refractivity contribution is 5.95. The van der Waals surface area contributed by atoms with Crippen molar-refractivity contribution in [3.8, 4) is 11.5 Å². The maximum absolute atomic E-state index is 12.8. The first-order valence-corrected chi connectivity index (χ1v) is 8.74. The Bertz CT molecular complexity index is 803. The second-order valence-corrected chi connectivity index (χ2v) is 6.73. The molecule has 6 heteroatoms. The number of nitrogens with one attached hydrogen (secondary N) is 1. The summed E-state index contributed by atoms with van der Waals surface area (Å²) in [5.41, 5.74) is 7.70. The molecule has 1 aliphatic carbocycles. The molecule has 0 atom stereocenters. The second kappa shape index (κ2) is 7.46. The molecule has 0 saturated heterocycles. The van der Waals surface area contributed by atoms with Crippen LogP contribution in [0.15, 0.2) is 42.5 Å². The highest BCUT2D eigenvalue weighted by atomic mass is 35.5. The average molecular weight is 375 g/mol. The summed E-state index contributed by atoms with van der Waals surface area (Å²) in [7, 11) is 0. The molecule has 1 heterocycles. The number of ether oxygens (including phenoxy) is 2. The molecule has 138 valence electrons. The Kier molecular flexibility index (Phi) is 5.28. The molecule has 1 amide bonds. The molecule has 2 aliphatic rings. The number of carbonyl (C=O) groups is 1. The van der Waals surface area contributed by atoms with E-state index in [-0.39, 0.29) is 23.9 Å². The molecule has 26 heavy (non-hydrogen) atoms. The number of nitrogens with two attached hydrogens (primary N) is 1. The summed E-state index contributed by atoms with van der Waals surface area (Å²) in [5, 5.41) is 3.27. The van der Waals surface area contributed by atoms with Gasteiger partial charge in [-0.2, -0.15) is 0 Å². The second-order valence-electron chi connectivity index (χ2n) is 6.73. The molecule has 0 unspecified atom stereocenters. The van der Waals surface area contributed by atoms with Crippen LogP contribution >= 0.6 is 12.4 Å². The molecular formula is C20H23ClN2O3. The van der Waals surface area contributed by atoms with E-state index in [1.54, 1.807) is 24.3 Å². The van der Waals surface area contributed by atoms with Crippen molar-refractivity contribution in [3.05, 3.63) is 53.6 Å². The third-order valence-electron chi connectivity index (χ3n) is 5.05. The van der Waals surface area contributed by atoms with Gasteiger partial charge in [0.05, 0.1) is 5.54 Å². The van der Waals surface area contributed by atoms with E-state index >= 15 is 0 Å². The van der Waals surface area contributed by atoms with E-state index in [0.717, 1.165) is 42.7 Å². The van der Waals surface area contributed by atoms with Crippen molar-refractivity contribution in [2.45, 2.75) is 31.2 Å². The van der Waals surface area contributed by atoms with Crippen LogP contribution in [-0.4, -0.2) is 19.1 Å². The normalized spacial score (nSPS) is 17.2. The van der Waals surface area contributed by atoms with E-state index in [1.165, 1.54) is 0 Å². The minimum atomic E-state index is -0.364. The molecule has 1 fully saturated rings. The highest BCUT2D eigenvalue weighted by Crippen LogP contribution is 2.42. The fourth-order valence-electron chi connectivity index (χ4n) is 3.77. The van der Waals surface area contributed by atoms with Crippen LogP contribution in [0.4, 0.5) is 5.69 Å². The minimum Gasteiger partial charge on any atom is -0.486 e. The number of rotatable bonds is 3. The van der Waals surface area contributed by atoms with E-state index in [2.05, 4.69) is 5.32 Å².